The van der Waals surface area contributed by atoms with Gasteiger partial charge in [-0.05, 0) is 52.3 Å². The molecule has 1 amide bonds. The van der Waals surface area contributed by atoms with E-state index in [1.807, 2.05) is 58.9 Å². The first-order chi connectivity index (χ1) is 8.69. The van der Waals surface area contributed by atoms with Gasteiger partial charge in [0.15, 0.2) is 0 Å². The predicted molar refractivity (Wildman–Crippen MR) is 80.4 cm³/mol. The van der Waals surface area contributed by atoms with Crippen molar-refractivity contribution in [1.82, 2.24) is 10.6 Å². The molecule has 0 radical (unpaired) electrons. The van der Waals surface area contributed by atoms with E-state index >= 15 is 0 Å². The number of rotatable bonds is 4. The average Bonchev–Trinajstić information content (AvgIpc) is 2.26. The minimum atomic E-state index is -0.256. The minimum Gasteiger partial charge on any atom is -0.350 e. The van der Waals surface area contributed by atoms with Crippen LogP contribution in [0.4, 0.5) is 0 Å². The standard InChI is InChI=1S/C15H23ClN2O/c1-10(12-7-6-8-13(16)9-12)17-11(2)14(19)18-15(3,4)5/h6-11,17H,1-5H3,(H,18,19)/t10-,11?/m1/s1. The predicted octanol–water partition coefficient (Wildman–Crippen LogP) is 3.29. The maximum atomic E-state index is 12.0. The molecule has 0 heterocycles. The van der Waals surface area contributed by atoms with Crippen molar-refractivity contribution in [2.24, 2.45) is 0 Å². The Bertz CT molecular complexity index is 440. The summed E-state index contributed by atoms with van der Waals surface area (Å²) in [5, 5.41) is 6.94. The van der Waals surface area contributed by atoms with Crippen LogP contribution >= 0.6 is 11.6 Å². The molecule has 0 saturated heterocycles. The van der Waals surface area contributed by atoms with Gasteiger partial charge in [-0.15, -0.1) is 0 Å². The van der Waals surface area contributed by atoms with Crippen molar-refractivity contribution in [2.75, 3.05) is 0 Å². The van der Waals surface area contributed by atoms with Crippen LogP contribution in [0.2, 0.25) is 5.02 Å². The van der Waals surface area contributed by atoms with Gasteiger partial charge >= 0.3 is 0 Å². The normalized spacial score (nSPS) is 14.8. The molecule has 0 aliphatic carbocycles. The highest BCUT2D eigenvalue weighted by molar-refractivity contribution is 6.30. The fraction of sp³-hybridized carbons (Fsp3) is 0.533. The van der Waals surface area contributed by atoms with Gasteiger partial charge < -0.3 is 5.32 Å². The molecule has 19 heavy (non-hydrogen) atoms. The molecule has 1 aromatic rings. The van der Waals surface area contributed by atoms with Gasteiger partial charge in [0.05, 0.1) is 6.04 Å². The monoisotopic (exact) mass is 282 g/mol. The smallest absolute Gasteiger partial charge is 0.237 e. The maximum Gasteiger partial charge on any atom is 0.237 e. The average molecular weight is 283 g/mol. The van der Waals surface area contributed by atoms with Gasteiger partial charge in [0, 0.05) is 16.6 Å². The van der Waals surface area contributed by atoms with Crippen LogP contribution in [0, 0.1) is 0 Å². The van der Waals surface area contributed by atoms with Gasteiger partial charge in [-0.1, -0.05) is 23.7 Å². The molecule has 0 aliphatic heterocycles. The van der Waals surface area contributed by atoms with Crippen molar-refractivity contribution in [3.63, 3.8) is 0 Å². The van der Waals surface area contributed by atoms with E-state index in [9.17, 15) is 4.79 Å². The molecule has 1 unspecified atom stereocenters. The number of amides is 1. The Morgan fingerprint density at radius 2 is 1.89 bits per heavy atom. The molecular weight excluding hydrogens is 260 g/mol. The topological polar surface area (TPSA) is 41.1 Å². The molecule has 1 aromatic carbocycles. The molecule has 1 rings (SSSR count). The van der Waals surface area contributed by atoms with Gasteiger partial charge in [0.1, 0.15) is 0 Å². The molecular formula is C15H23ClN2O. The first-order valence-electron chi connectivity index (χ1n) is 6.52. The molecule has 106 valence electrons. The van der Waals surface area contributed by atoms with Crippen molar-refractivity contribution in [2.45, 2.75) is 52.2 Å². The zero-order chi connectivity index (χ0) is 14.6. The molecule has 0 spiro atoms. The first-order valence-corrected chi connectivity index (χ1v) is 6.90. The highest BCUT2D eigenvalue weighted by Gasteiger charge is 2.20. The van der Waals surface area contributed by atoms with Crippen LogP contribution in [0.5, 0.6) is 0 Å². The highest BCUT2D eigenvalue weighted by Crippen LogP contribution is 2.17. The summed E-state index contributed by atoms with van der Waals surface area (Å²) >= 11 is 5.97. The zero-order valence-electron chi connectivity index (χ0n) is 12.3. The second-order valence-electron chi connectivity index (χ2n) is 5.90. The third-order valence-corrected chi connectivity index (χ3v) is 2.98. The van der Waals surface area contributed by atoms with Crippen LogP contribution in [0.1, 0.15) is 46.2 Å². The number of hydrogen-bond acceptors (Lipinski definition) is 2. The summed E-state index contributed by atoms with van der Waals surface area (Å²) in [6, 6.07) is 7.47. The molecule has 2 N–H and O–H groups in total. The largest absolute Gasteiger partial charge is 0.350 e. The quantitative estimate of drug-likeness (QED) is 0.890. The van der Waals surface area contributed by atoms with E-state index in [1.165, 1.54) is 0 Å². The van der Waals surface area contributed by atoms with E-state index in [0.29, 0.717) is 5.02 Å². The number of halogens is 1. The lowest BCUT2D eigenvalue weighted by Gasteiger charge is -2.25. The van der Waals surface area contributed by atoms with E-state index in [1.54, 1.807) is 0 Å². The molecule has 0 fully saturated rings. The number of carbonyl (C=O) groups excluding carboxylic acids is 1. The molecule has 0 aliphatic rings. The fourth-order valence-corrected chi connectivity index (χ4v) is 2.00. The highest BCUT2D eigenvalue weighted by atomic mass is 35.5. The number of nitrogens with one attached hydrogen (secondary N) is 2. The lowest BCUT2D eigenvalue weighted by molar-refractivity contribution is -0.124. The molecule has 0 aromatic heterocycles. The third-order valence-electron chi connectivity index (χ3n) is 2.74. The van der Waals surface area contributed by atoms with Crippen LogP contribution in [0.25, 0.3) is 0 Å². The van der Waals surface area contributed by atoms with E-state index in [2.05, 4.69) is 10.6 Å². The van der Waals surface area contributed by atoms with E-state index in [4.69, 9.17) is 11.6 Å². The second-order valence-corrected chi connectivity index (χ2v) is 6.34. The second kappa shape index (κ2) is 6.40. The van der Waals surface area contributed by atoms with E-state index in [-0.39, 0.29) is 23.5 Å². The van der Waals surface area contributed by atoms with Crippen LogP contribution < -0.4 is 10.6 Å². The van der Waals surface area contributed by atoms with Crippen molar-refractivity contribution in [1.29, 1.82) is 0 Å². The number of benzene rings is 1. The maximum absolute atomic E-state index is 12.0. The van der Waals surface area contributed by atoms with Crippen LogP contribution in [-0.2, 0) is 4.79 Å². The first kappa shape index (κ1) is 16.0. The van der Waals surface area contributed by atoms with E-state index < -0.39 is 0 Å². The Morgan fingerprint density at radius 3 is 2.42 bits per heavy atom. The Labute approximate surface area is 120 Å². The SMILES string of the molecule is CC(N[C@H](C)c1cccc(Cl)c1)C(=O)NC(C)(C)C. The lowest BCUT2D eigenvalue weighted by atomic mass is 10.1. The summed E-state index contributed by atoms with van der Waals surface area (Å²) in [6.45, 7) is 9.79. The van der Waals surface area contributed by atoms with Crippen molar-refractivity contribution in [3.05, 3.63) is 34.9 Å². The molecule has 3 nitrogen and oxygen atoms in total. The summed E-state index contributed by atoms with van der Waals surface area (Å²) in [5.41, 5.74) is 0.856. The van der Waals surface area contributed by atoms with Crippen LogP contribution in [-0.4, -0.2) is 17.5 Å². The fourth-order valence-electron chi connectivity index (χ4n) is 1.80. The van der Waals surface area contributed by atoms with Crippen molar-refractivity contribution >= 4 is 17.5 Å². The van der Waals surface area contributed by atoms with Gasteiger partial charge in [-0.3, -0.25) is 10.1 Å². The van der Waals surface area contributed by atoms with E-state index in [0.717, 1.165) is 5.56 Å². The summed E-state index contributed by atoms with van der Waals surface area (Å²) in [6.07, 6.45) is 0. The molecule has 0 bridgehead atoms. The summed E-state index contributed by atoms with van der Waals surface area (Å²) in [5.74, 6) is 0.00128. The molecule has 4 heteroatoms. The van der Waals surface area contributed by atoms with Gasteiger partial charge in [-0.2, -0.15) is 0 Å². The summed E-state index contributed by atoms with van der Waals surface area (Å²) in [7, 11) is 0. The number of hydrogen-bond donors (Lipinski definition) is 2. The van der Waals surface area contributed by atoms with Gasteiger partial charge in [-0.25, -0.2) is 0 Å². The molecule has 2 atom stereocenters. The minimum absolute atomic E-state index is 0.00128. The van der Waals surface area contributed by atoms with Gasteiger partial charge in [0.25, 0.3) is 0 Å². The molecule has 0 saturated carbocycles. The Morgan fingerprint density at radius 1 is 1.26 bits per heavy atom. The van der Waals surface area contributed by atoms with Crippen LogP contribution in [0.15, 0.2) is 24.3 Å². The summed E-state index contributed by atoms with van der Waals surface area (Å²) < 4.78 is 0. The van der Waals surface area contributed by atoms with Crippen LogP contribution in [0.3, 0.4) is 0 Å². The van der Waals surface area contributed by atoms with Crippen molar-refractivity contribution in [3.8, 4) is 0 Å². The van der Waals surface area contributed by atoms with Crippen molar-refractivity contribution < 1.29 is 4.79 Å². The Kier molecular flexibility index (Phi) is 5.39. The Balaban J connectivity index is 2.61. The zero-order valence-corrected chi connectivity index (χ0v) is 13.0. The number of carbonyl (C=O) groups is 1. The summed E-state index contributed by atoms with van der Waals surface area (Å²) in [4.78, 5) is 12.0. The van der Waals surface area contributed by atoms with Gasteiger partial charge in [0.2, 0.25) is 5.91 Å². The lowest BCUT2D eigenvalue weighted by Crippen LogP contribution is -2.49. The Hall–Kier alpha value is -1.06. The third kappa shape index (κ3) is 5.62.